The summed E-state index contributed by atoms with van der Waals surface area (Å²) in [6, 6.07) is 0.487. The predicted octanol–water partition coefficient (Wildman–Crippen LogP) is -0.900. The molecule has 0 saturated carbocycles. The largest absolute Gasteiger partial charge is 0.353 e. The lowest BCUT2D eigenvalue weighted by atomic mass is 10.1. The fraction of sp³-hybridized carbons (Fsp3) is 0.917. The summed E-state index contributed by atoms with van der Waals surface area (Å²) in [5, 5.41) is 6.30. The van der Waals surface area contributed by atoms with Crippen LogP contribution in [0.4, 0.5) is 0 Å². The highest BCUT2D eigenvalue weighted by Crippen LogP contribution is 2.07. The van der Waals surface area contributed by atoms with Crippen molar-refractivity contribution in [3.8, 4) is 0 Å². The summed E-state index contributed by atoms with van der Waals surface area (Å²) in [6.07, 6.45) is 2.09. The van der Waals surface area contributed by atoms with Crippen LogP contribution in [0.3, 0.4) is 0 Å². The van der Waals surface area contributed by atoms with Crippen molar-refractivity contribution < 1.29 is 4.79 Å². The van der Waals surface area contributed by atoms with Gasteiger partial charge in [-0.3, -0.25) is 9.69 Å². The number of piperazine rings is 1. The van der Waals surface area contributed by atoms with Gasteiger partial charge in [-0.05, 0) is 33.5 Å². The Morgan fingerprint density at radius 3 is 2.94 bits per heavy atom. The summed E-state index contributed by atoms with van der Waals surface area (Å²) in [5.41, 5.74) is 0. The molecule has 5 heteroatoms. The molecule has 2 heterocycles. The fourth-order valence-corrected chi connectivity index (χ4v) is 2.57. The zero-order valence-electron chi connectivity index (χ0n) is 10.9. The molecule has 98 valence electrons. The number of rotatable bonds is 3. The molecule has 2 aliphatic rings. The number of carbonyl (C=O) groups is 1. The Morgan fingerprint density at radius 2 is 2.24 bits per heavy atom. The van der Waals surface area contributed by atoms with Crippen molar-refractivity contribution in [1.82, 2.24) is 20.4 Å². The Kier molecular flexibility index (Phi) is 4.36. The van der Waals surface area contributed by atoms with Gasteiger partial charge in [0.15, 0.2) is 0 Å². The van der Waals surface area contributed by atoms with Gasteiger partial charge in [0.1, 0.15) is 0 Å². The highest BCUT2D eigenvalue weighted by atomic mass is 16.2. The average Bonchev–Trinajstić information content (AvgIpc) is 2.83. The van der Waals surface area contributed by atoms with E-state index in [4.69, 9.17) is 0 Å². The van der Waals surface area contributed by atoms with Crippen LogP contribution in [0.1, 0.15) is 12.8 Å². The molecular formula is C12H24N4O. The molecule has 0 aromatic heterocycles. The maximum absolute atomic E-state index is 11.9. The molecule has 2 saturated heterocycles. The third kappa shape index (κ3) is 3.40. The van der Waals surface area contributed by atoms with Crippen molar-refractivity contribution in [2.45, 2.75) is 24.9 Å². The van der Waals surface area contributed by atoms with Crippen LogP contribution >= 0.6 is 0 Å². The first kappa shape index (κ1) is 12.8. The van der Waals surface area contributed by atoms with Gasteiger partial charge in [-0.2, -0.15) is 0 Å². The Balaban J connectivity index is 1.74. The molecule has 0 spiro atoms. The zero-order valence-corrected chi connectivity index (χ0v) is 10.9. The van der Waals surface area contributed by atoms with E-state index in [1.807, 2.05) is 0 Å². The number of hydrogen-bond acceptors (Lipinski definition) is 4. The number of nitrogens with zero attached hydrogens (tertiary/aromatic N) is 2. The summed E-state index contributed by atoms with van der Waals surface area (Å²) in [7, 11) is 4.28. The van der Waals surface area contributed by atoms with Crippen LogP contribution in [0, 0.1) is 0 Å². The Bertz CT molecular complexity index is 265. The summed E-state index contributed by atoms with van der Waals surface area (Å²) < 4.78 is 0. The van der Waals surface area contributed by atoms with E-state index >= 15 is 0 Å². The van der Waals surface area contributed by atoms with Crippen molar-refractivity contribution in [2.75, 3.05) is 46.8 Å². The third-order valence-electron chi connectivity index (χ3n) is 3.87. The van der Waals surface area contributed by atoms with Crippen LogP contribution in [-0.2, 0) is 4.79 Å². The molecular weight excluding hydrogens is 216 g/mol. The van der Waals surface area contributed by atoms with Crippen LogP contribution in [-0.4, -0.2) is 74.6 Å². The first-order valence-electron chi connectivity index (χ1n) is 6.56. The number of carbonyl (C=O) groups excluding carboxylic acids is 1. The SMILES string of the molecule is CN1CCN(C)C(CNC(=O)[C@@H]2CCCN2)C1. The Morgan fingerprint density at radius 1 is 1.41 bits per heavy atom. The van der Waals surface area contributed by atoms with E-state index in [0.29, 0.717) is 6.04 Å². The van der Waals surface area contributed by atoms with E-state index in [0.717, 1.165) is 45.6 Å². The summed E-state index contributed by atoms with van der Waals surface area (Å²) in [4.78, 5) is 16.5. The molecule has 0 radical (unpaired) electrons. The highest BCUT2D eigenvalue weighted by molar-refractivity contribution is 5.82. The van der Waals surface area contributed by atoms with Crippen molar-refractivity contribution in [2.24, 2.45) is 0 Å². The summed E-state index contributed by atoms with van der Waals surface area (Å²) >= 11 is 0. The lowest BCUT2D eigenvalue weighted by Crippen LogP contribution is -2.55. The van der Waals surface area contributed by atoms with Gasteiger partial charge in [-0.1, -0.05) is 0 Å². The molecule has 0 aliphatic carbocycles. The van der Waals surface area contributed by atoms with Gasteiger partial charge in [0.2, 0.25) is 5.91 Å². The lowest BCUT2D eigenvalue weighted by molar-refractivity contribution is -0.123. The van der Waals surface area contributed by atoms with Gasteiger partial charge in [0.05, 0.1) is 6.04 Å². The molecule has 0 aromatic rings. The summed E-state index contributed by atoms with van der Waals surface area (Å²) in [6.45, 7) is 4.97. The predicted molar refractivity (Wildman–Crippen MR) is 67.9 cm³/mol. The molecule has 2 atom stereocenters. The third-order valence-corrected chi connectivity index (χ3v) is 3.87. The number of nitrogens with one attached hydrogen (secondary N) is 2. The molecule has 2 N–H and O–H groups in total. The quantitative estimate of drug-likeness (QED) is 0.671. The second kappa shape index (κ2) is 5.80. The standard InChI is InChI=1S/C12H24N4O/c1-15-6-7-16(2)10(9-15)8-14-12(17)11-4-3-5-13-11/h10-11,13H,3-9H2,1-2H3,(H,14,17)/t10?,11-/m0/s1. The molecule has 17 heavy (non-hydrogen) atoms. The molecule has 5 nitrogen and oxygen atoms in total. The molecule has 0 aromatic carbocycles. The van der Waals surface area contributed by atoms with Crippen LogP contribution in [0.25, 0.3) is 0 Å². The molecule has 0 bridgehead atoms. The molecule has 1 unspecified atom stereocenters. The molecule has 1 amide bonds. The normalized spacial score (nSPS) is 31.6. The van der Waals surface area contributed by atoms with Crippen molar-refractivity contribution >= 4 is 5.91 Å². The van der Waals surface area contributed by atoms with Crippen LogP contribution < -0.4 is 10.6 Å². The minimum absolute atomic E-state index is 0.0432. The van der Waals surface area contributed by atoms with E-state index in [1.165, 1.54) is 0 Å². The van der Waals surface area contributed by atoms with E-state index < -0.39 is 0 Å². The highest BCUT2D eigenvalue weighted by Gasteiger charge is 2.25. The second-order valence-electron chi connectivity index (χ2n) is 5.29. The maximum atomic E-state index is 11.9. The van der Waals surface area contributed by atoms with Gasteiger partial charge in [0, 0.05) is 32.2 Å². The minimum atomic E-state index is 0.0432. The fourth-order valence-electron chi connectivity index (χ4n) is 2.57. The monoisotopic (exact) mass is 240 g/mol. The van der Waals surface area contributed by atoms with Crippen LogP contribution in [0.2, 0.25) is 0 Å². The van der Waals surface area contributed by atoms with E-state index in [9.17, 15) is 4.79 Å². The number of amides is 1. The van der Waals surface area contributed by atoms with Crippen molar-refractivity contribution in [3.63, 3.8) is 0 Å². The first-order chi connectivity index (χ1) is 8.16. The smallest absolute Gasteiger partial charge is 0.237 e. The van der Waals surface area contributed by atoms with Gasteiger partial charge in [0.25, 0.3) is 0 Å². The molecule has 2 rings (SSSR count). The number of likely N-dealkylation sites (N-methyl/N-ethyl adjacent to an activating group) is 2. The van der Waals surface area contributed by atoms with E-state index in [-0.39, 0.29) is 11.9 Å². The van der Waals surface area contributed by atoms with Crippen LogP contribution in [0.5, 0.6) is 0 Å². The molecule has 2 fully saturated rings. The van der Waals surface area contributed by atoms with E-state index in [1.54, 1.807) is 0 Å². The topological polar surface area (TPSA) is 47.6 Å². The minimum Gasteiger partial charge on any atom is -0.353 e. The van der Waals surface area contributed by atoms with Gasteiger partial charge < -0.3 is 15.5 Å². The van der Waals surface area contributed by atoms with Crippen molar-refractivity contribution in [1.29, 1.82) is 0 Å². The maximum Gasteiger partial charge on any atom is 0.237 e. The van der Waals surface area contributed by atoms with Crippen molar-refractivity contribution in [3.05, 3.63) is 0 Å². The van der Waals surface area contributed by atoms with Gasteiger partial charge >= 0.3 is 0 Å². The van der Waals surface area contributed by atoms with E-state index in [2.05, 4.69) is 34.5 Å². The lowest BCUT2D eigenvalue weighted by Gasteiger charge is -2.37. The Hall–Kier alpha value is -0.650. The first-order valence-corrected chi connectivity index (χ1v) is 6.56. The van der Waals surface area contributed by atoms with Crippen LogP contribution in [0.15, 0.2) is 0 Å². The van der Waals surface area contributed by atoms with Gasteiger partial charge in [-0.15, -0.1) is 0 Å². The molecule has 2 aliphatic heterocycles. The average molecular weight is 240 g/mol. The summed E-state index contributed by atoms with van der Waals surface area (Å²) in [5.74, 6) is 0.170. The zero-order chi connectivity index (χ0) is 12.3. The Labute approximate surface area is 104 Å². The second-order valence-corrected chi connectivity index (χ2v) is 5.29. The number of hydrogen-bond donors (Lipinski definition) is 2. The van der Waals surface area contributed by atoms with Gasteiger partial charge in [-0.25, -0.2) is 0 Å².